The van der Waals surface area contributed by atoms with E-state index in [1.165, 1.54) is 24.3 Å². The van der Waals surface area contributed by atoms with E-state index in [4.69, 9.17) is 0 Å². The van der Waals surface area contributed by atoms with Gasteiger partial charge in [-0.3, -0.25) is 0 Å². The van der Waals surface area contributed by atoms with Crippen molar-refractivity contribution in [2.24, 2.45) is 22.2 Å². The highest BCUT2D eigenvalue weighted by molar-refractivity contribution is 6.11. The lowest BCUT2D eigenvalue weighted by Crippen LogP contribution is -2.37. The number of benzene rings is 8. The lowest BCUT2D eigenvalue weighted by Gasteiger charge is -2.44. The molecule has 2 atom stereocenters. The molecule has 8 aromatic carbocycles. The Morgan fingerprint density at radius 1 is 0.358 bits per heavy atom. The van der Waals surface area contributed by atoms with Crippen molar-refractivity contribution in [3.63, 3.8) is 0 Å². The van der Waals surface area contributed by atoms with E-state index in [2.05, 4.69) is 234 Å². The van der Waals surface area contributed by atoms with Gasteiger partial charge in [-0.15, -0.1) is 0 Å². The van der Waals surface area contributed by atoms with E-state index < -0.39 is 46.0 Å². The molecule has 95 heavy (non-hydrogen) atoms. The first kappa shape index (κ1) is 70.5. The number of aliphatic hydroxyl groups is 2. The quantitative estimate of drug-likeness (QED) is 0.0981. The highest BCUT2D eigenvalue weighted by Crippen LogP contribution is 2.58. The van der Waals surface area contributed by atoms with Crippen molar-refractivity contribution in [2.75, 3.05) is 0 Å². The average Bonchev–Trinajstić information content (AvgIpc) is 1.71. The average molecular weight is 1280 g/mol. The molecule has 10 aromatic rings. The monoisotopic (exact) mass is 1280 g/mol. The van der Waals surface area contributed by atoms with E-state index >= 15 is 8.78 Å². The lowest BCUT2D eigenvalue weighted by atomic mass is 9.63. The molecule has 0 bridgehead atoms. The molecule has 2 unspecified atom stereocenters. The Morgan fingerprint density at radius 3 is 0.863 bits per heavy atom. The molecule has 0 fully saturated rings. The third-order valence-corrected chi connectivity index (χ3v) is 20.0. The highest BCUT2D eigenvalue weighted by atomic mass is 19.1. The summed E-state index contributed by atoms with van der Waals surface area (Å²) in [5.41, 5.74) is 8.70. The van der Waals surface area contributed by atoms with E-state index in [0.29, 0.717) is 57.6 Å². The summed E-state index contributed by atoms with van der Waals surface area (Å²) in [6.07, 6.45) is -1.94. The number of hydrogen-bond acceptors (Lipinski definition) is 4. The molecule has 6 nitrogen and oxygen atoms in total. The van der Waals surface area contributed by atoms with Gasteiger partial charge in [0.2, 0.25) is 0 Å². The minimum atomic E-state index is -1.59. The van der Waals surface area contributed by atoms with Crippen molar-refractivity contribution in [1.82, 2.24) is 9.13 Å². The SMILES string of the molecule is CC(C)(C)CC(C)(C)c1cc(-n2c3ccc(C(C)(C)C)cc3c3cc(C(C)(C)C)ccc32)c(O)c(-c2cccc(F)c2)c1C(O)C(C(O)c1c(C(C)(C)CC(C)(C)C)cc(-n2c3ccc(C(C)(C)C)cc3c3cc(C(C)(C)C)ccc32)c(O)c1-c1cccc(F)c1)C(C)(C)C. The van der Waals surface area contributed by atoms with Gasteiger partial charge in [-0.25, -0.2) is 8.78 Å². The van der Waals surface area contributed by atoms with E-state index in [1.54, 1.807) is 24.3 Å². The number of rotatable bonds is 12. The Bertz CT molecular complexity index is 4180. The van der Waals surface area contributed by atoms with Gasteiger partial charge in [0.05, 0.1) is 45.6 Å². The number of hydrogen-bond donors (Lipinski definition) is 4. The number of nitrogens with zero attached hydrogens (tertiary/aromatic N) is 2. The second kappa shape index (κ2) is 23.8. The maximum Gasteiger partial charge on any atom is 0.147 e. The van der Waals surface area contributed by atoms with E-state index in [-0.39, 0.29) is 55.1 Å². The van der Waals surface area contributed by atoms with Crippen LogP contribution in [-0.2, 0) is 32.5 Å². The predicted octanol–water partition coefficient (Wildman–Crippen LogP) is 24.0. The molecule has 8 heteroatoms. The molecule has 2 aromatic heterocycles. The maximum atomic E-state index is 16.4. The molecule has 0 radical (unpaired) electrons. The zero-order valence-corrected chi connectivity index (χ0v) is 61.8. The normalized spacial score (nSPS) is 14.6. The number of fused-ring (bicyclic) bond motifs is 6. The molecule has 10 rings (SSSR count). The van der Waals surface area contributed by atoms with Gasteiger partial charge in [0, 0.05) is 38.6 Å². The van der Waals surface area contributed by atoms with Gasteiger partial charge in [-0.05, 0) is 202 Å². The van der Waals surface area contributed by atoms with Crippen molar-refractivity contribution >= 4 is 43.6 Å². The molecule has 0 spiro atoms. The smallest absolute Gasteiger partial charge is 0.147 e. The molecule has 4 N–H and O–H groups in total. The minimum Gasteiger partial charge on any atom is -0.505 e. The first-order valence-corrected chi connectivity index (χ1v) is 34.4. The largest absolute Gasteiger partial charge is 0.505 e. The zero-order valence-electron chi connectivity index (χ0n) is 61.8. The van der Waals surface area contributed by atoms with E-state index in [0.717, 1.165) is 65.9 Å². The highest BCUT2D eigenvalue weighted by Gasteiger charge is 2.47. The van der Waals surface area contributed by atoms with Gasteiger partial charge in [-0.2, -0.15) is 0 Å². The molecule has 0 aliphatic carbocycles. The minimum absolute atomic E-state index is 0.162. The van der Waals surface area contributed by atoms with Crippen LogP contribution in [0.15, 0.2) is 133 Å². The summed E-state index contributed by atoms with van der Waals surface area (Å²) in [5, 5.41) is 61.0. The van der Waals surface area contributed by atoms with Crippen molar-refractivity contribution in [1.29, 1.82) is 0 Å². The van der Waals surface area contributed by atoms with Gasteiger partial charge >= 0.3 is 0 Å². The van der Waals surface area contributed by atoms with Crippen LogP contribution < -0.4 is 0 Å². The molecule has 0 saturated carbocycles. The van der Waals surface area contributed by atoms with Crippen LogP contribution in [0.25, 0.3) is 77.2 Å². The Hall–Kier alpha value is -7.26. The maximum absolute atomic E-state index is 16.4. The Morgan fingerprint density at radius 2 is 0.632 bits per heavy atom. The fraction of sp³-hybridized carbons (Fsp3) is 0.448. The fourth-order valence-corrected chi connectivity index (χ4v) is 16.0. The summed E-state index contributed by atoms with van der Waals surface area (Å²) < 4.78 is 37.0. The molecule has 504 valence electrons. The van der Waals surface area contributed by atoms with E-state index in [1.807, 2.05) is 32.9 Å². The van der Waals surface area contributed by atoms with E-state index in [9.17, 15) is 20.4 Å². The molecular weight excluding hydrogens is 1170 g/mol. The summed E-state index contributed by atoms with van der Waals surface area (Å²) in [6, 6.07) is 42.9. The van der Waals surface area contributed by atoms with Crippen LogP contribution in [0.5, 0.6) is 11.5 Å². The molecule has 2 heterocycles. The molecule has 0 saturated heterocycles. The van der Waals surface area contributed by atoms with Gasteiger partial charge in [0.25, 0.3) is 0 Å². The molecule has 0 amide bonds. The third-order valence-electron chi connectivity index (χ3n) is 20.0. The van der Waals surface area contributed by atoms with Crippen LogP contribution in [0.1, 0.15) is 243 Å². The number of phenols is 2. The van der Waals surface area contributed by atoms with Crippen molar-refractivity contribution < 1.29 is 29.2 Å². The first-order chi connectivity index (χ1) is 43.5. The summed E-state index contributed by atoms with van der Waals surface area (Å²) in [7, 11) is 0. The Kier molecular flexibility index (Phi) is 17.7. The second-order valence-corrected chi connectivity index (χ2v) is 36.8. The third kappa shape index (κ3) is 13.5. The van der Waals surface area contributed by atoms with Crippen molar-refractivity contribution in [3.05, 3.63) is 190 Å². The van der Waals surface area contributed by atoms with Crippen LogP contribution in [0.2, 0.25) is 0 Å². The van der Waals surface area contributed by atoms with Crippen LogP contribution in [0, 0.1) is 33.8 Å². The van der Waals surface area contributed by atoms with Gasteiger partial charge in [-0.1, -0.05) is 222 Å². The summed E-state index contributed by atoms with van der Waals surface area (Å²) >= 11 is 0. The number of halogens is 2. The van der Waals surface area contributed by atoms with Gasteiger partial charge in [0.1, 0.15) is 23.1 Å². The standard InChI is InChI=1S/C87H108F2N2O4/c1-79(2,3)48-86(22,23)62-46-68(90-64-36-32-52(81(7,8)9)42-58(64)59-43-53(82(10,11)12)33-37-65(59)90)75(92)70(50-28-26-30-56(88)40-50)72(62)77(94)74(85(19,20)21)78(95)73-63(87(24,25)49-80(4,5)6)47-69(76(93)71(73)51-29-27-31-57(89)41-51)91-66-38-34-54(83(13,14)15)44-60(66)61-45-55(84(16,17)18)35-39-67(61)91/h26-47,74,77-78,92-95H,48-49H2,1-25H3. The Balaban J connectivity index is 1.35. The Labute approximate surface area is 566 Å². The van der Waals surface area contributed by atoms with Crippen LogP contribution in [0.4, 0.5) is 8.78 Å². The zero-order chi connectivity index (χ0) is 70.4. The second-order valence-electron chi connectivity index (χ2n) is 36.8. The lowest BCUT2D eigenvalue weighted by molar-refractivity contribution is -0.0482. The number of aliphatic hydroxyl groups excluding tert-OH is 2. The van der Waals surface area contributed by atoms with Gasteiger partial charge < -0.3 is 29.6 Å². The topological polar surface area (TPSA) is 90.8 Å². The fourth-order valence-electron chi connectivity index (χ4n) is 16.0. The molecule has 0 aliphatic rings. The summed E-state index contributed by atoms with van der Waals surface area (Å²) in [4.78, 5) is 0. The summed E-state index contributed by atoms with van der Waals surface area (Å²) in [5.74, 6) is -2.50. The van der Waals surface area contributed by atoms with Crippen molar-refractivity contribution in [3.8, 4) is 45.1 Å². The van der Waals surface area contributed by atoms with Gasteiger partial charge in [0.15, 0.2) is 0 Å². The number of phenolic OH excluding ortho intramolecular Hbond substituents is 2. The molecule has 0 aliphatic heterocycles. The van der Waals surface area contributed by atoms with Crippen molar-refractivity contribution in [2.45, 2.75) is 231 Å². The van der Waals surface area contributed by atoms with Crippen LogP contribution in [-0.4, -0.2) is 29.6 Å². The van der Waals surface area contributed by atoms with Crippen LogP contribution >= 0.6 is 0 Å². The number of aromatic hydroxyl groups is 2. The summed E-state index contributed by atoms with van der Waals surface area (Å²) in [6.45, 7) is 54.5. The van der Waals surface area contributed by atoms with Crippen LogP contribution in [0.3, 0.4) is 0 Å². The number of aromatic nitrogens is 2. The molecular formula is C87H108F2N2O4. The first-order valence-electron chi connectivity index (χ1n) is 34.4. The predicted molar refractivity (Wildman–Crippen MR) is 398 cm³/mol.